The van der Waals surface area contributed by atoms with Crippen molar-refractivity contribution < 1.29 is 21.6 Å². The Morgan fingerprint density at radius 2 is 1.69 bits per heavy atom. The highest BCUT2D eigenvalue weighted by atomic mass is 32.2. The van der Waals surface area contributed by atoms with Crippen molar-refractivity contribution in [1.29, 1.82) is 0 Å². The van der Waals surface area contributed by atoms with E-state index in [2.05, 4.69) is 22.2 Å². The summed E-state index contributed by atoms with van der Waals surface area (Å²) < 4.78 is 74.1. The molecule has 5 rings (SSSR count). The van der Waals surface area contributed by atoms with Gasteiger partial charge in [0.1, 0.15) is 11.3 Å². The molecule has 2 N–H and O–H groups in total. The number of halogens is 3. The molecule has 0 aliphatic heterocycles. The van der Waals surface area contributed by atoms with E-state index in [0.717, 1.165) is 25.7 Å². The third kappa shape index (κ3) is 6.13. The molecule has 0 spiro atoms. The van der Waals surface area contributed by atoms with Crippen LogP contribution in [0.3, 0.4) is 0 Å². The molecular weight excluding hydrogens is 567 g/mol. The molecule has 2 heterocycles. The number of hydrogen-bond donors (Lipinski definition) is 2. The summed E-state index contributed by atoms with van der Waals surface area (Å²) in [5.74, 6) is -4.23. The lowest BCUT2D eigenvalue weighted by molar-refractivity contribution is 0.360. The van der Waals surface area contributed by atoms with Gasteiger partial charge in [0.05, 0.1) is 11.3 Å². The lowest BCUT2D eigenvalue weighted by Crippen LogP contribution is -2.28. The van der Waals surface area contributed by atoms with Crippen molar-refractivity contribution in [3.63, 3.8) is 0 Å². The van der Waals surface area contributed by atoms with Gasteiger partial charge in [0.25, 0.3) is 5.56 Å². The maximum Gasteiger partial charge on any atom is 0.260 e. The minimum Gasteiger partial charge on any atom is -0.351 e. The largest absolute Gasteiger partial charge is 0.351 e. The van der Waals surface area contributed by atoms with Crippen molar-refractivity contribution in [2.45, 2.75) is 64.3 Å². The average molecular weight is 600 g/mol. The van der Waals surface area contributed by atoms with Crippen LogP contribution in [-0.4, -0.2) is 29.0 Å². The Hall–Kier alpha value is -3.93. The van der Waals surface area contributed by atoms with Crippen LogP contribution in [0.4, 0.5) is 24.8 Å². The molecule has 1 aliphatic rings. The van der Waals surface area contributed by atoms with Crippen LogP contribution in [-0.2, 0) is 15.8 Å². The monoisotopic (exact) mass is 599 g/mol. The van der Waals surface area contributed by atoms with Crippen LogP contribution in [0, 0.1) is 23.4 Å². The number of nitrogens with zero attached hydrogens (tertiary/aromatic N) is 3. The zero-order chi connectivity index (χ0) is 30.2. The molecule has 0 unspecified atom stereocenters. The zero-order valence-electron chi connectivity index (χ0n) is 23.5. The fraction of sp³-hybridized carbons (Fsp3) is 0.367. The average Bonchev–Trinajstić information content (AvgIpc) is 2.94. The standard InChI is InChI=1S/C30H32F3N5O3S/c1-17(2)38-28-20(15-34-30(36-28)35-21-11-9-18(3)10-12-21)13-23(29(38)39)22-14-24(31)27(26(33)25(22)32)37-42(40,41)16-19-7-5-4-6-8-19/h4-8,13-15,17-18,21,37H,9-12,16H2,1-3H3,(H,34,35,36)/t18-,21-. The summed E-state index contributed by atoms with van der Waals surface area (Å²) in [6.45, 7) is 5.70. The van der Waals surface area contributed by atoms with Gasteiger partial charge in [-0.05, 0) is 63.1 Å². The lowest BCUT2D eigenvalue weighted by atomic mass is 9.87. The lowest BCUT2D eigenvalue weighted by Gasteiger charge is -2.27. The van der Waals surface area contributed by atoms with E-state index < -0.39 is 56.1 Å². The van der Waals surface area contributed by atoms with Crippen LogP contribution >= 0.6 is 0 Å². The van der Waals surface area contributed by atoms with E-state index in [4.69, 9.17) is 0 Å². The molecular formula is C30H32F3N5O3S. The van der Waals surface area contributed by atoms with E-state index >= 15 is 13.2 Å². The smallest absolute Gasteiger partial charge is 0.260 e. The van der Waals surface area contributed by atoms with E-state index in [9.17, 15) is 13.2 Å². The fourth-order valence-corrected chi connectivity index (χ4v) is 6.52. The molecule has 1 saturated carbocycles. The molecule has 8 nitrogen and oxygen atoms in total. The normalized spacial score (nSPS) is 17.5. The van der Waals surface area contributed by atoms with Crippen LogP contribution in [0.1, 0.15) is 58.1 Å². The first-order valence-electron chi connectivity index (χ1n) is 13.8. The predicted octanol–water partition coefficient (Wildman–Crippen LogP) is 6.39. The highest BCUT2D eigenvalue weighted by Crippen LogP contribution is 2.33. The molecule has 0 bridgehead atoms. The van der Waals surface area contributed by atoms with Crippen molar-refractivity contribution in [1.82, 2.24) is 14.5 Å². The summed E-state index contributed by atoms with van der Waals surface area (Å²) in [7, 11) is -4.28. The second-order valence-electron chi connectivity index (χ2n) is 11.2. The number of hydrogen-bond acceptors (Lipinski definition) is 6. The maximum absolute atomic E-state index is 15.4. The quantitative estimate of drug-likeness (QED) is 0.228. The van der Waals surface area contributed by atoms with Crippen LogP contribution < -0.4 is 15.6 Å². The van der Waals surface area contributed by atoms with Gasteiger partial charge in [-0.1, -0.05) is 37.3 Å². The van der Waals surface area contributed by atoms with Gasteiger partial charge in [0.2, 0.25) is 16.0 Å². The highest BCUT2D eigenvalue weighted by Gasteiger charge is 2.26. The molecule has 12 heteroatoms. The number of sulfonamides is 1. The van der Waals surface area contributed by atoms with Gasteiger partial charge in [0, 0.05) is 29.2 Å². The second-order valence-corrected chi connectivity index (χ2v) is 12.9. The van der Waals surface area contributed by atoms with Crippen molar-refractivity contribution >= 4 is 32.7 Å². The summed E-state index contributed by atoms with van der Waals surface area (Å²) in [5.41, 5.74) is -2.14. The van der Waals surface area contributed by atoms with E-state index in [1.807, 2.05) is 4.72 Å². The Morgan fingerprint density at radius 1 is 1.00 bits per heavy atom. The van der Waals surface area contributed by atoms with Crippen LogP contribution in [0.15, 0.2) is 53.5 Å². The molecule has 1 fully saturated rings. The highest BCUT2D eigenvalue weighted by molar-refractivity contribution is 7.91. The number of rotatable bonds is 8. The molecule has 2 aromatic carbocycles. The van der Waals surface area contributed by atoms with Gasteiger partial charge in [0.15, 0.2) is 17.5 Å². The number of benzene rings is 2. The molecule has 2 aromatic heterocycles. The topological polar surface area (TPSA) is 106 Å². The number of pyridine rings is 1. The maximum atomic E-state index is 15.4. The van der Waals surface area contributed by atoms with E-state index in [-0.39, 0.29) is 11.6 Å². The van der Waals surface area contributed by atoms with Gasteiger partial charge in [-0.15, -0.1) is 0 Å². The number of aromatic nitrogens is 3. The molecule has 1 aliphatic carbocycles. The van der Waals surface area contributed by atoms with Crippen molar-refractivity contribution in [2.75, 3.05) is 10.0 Å². The van der Waals surface area contributed by atoms with Gasteiger partial charge in [-0.3, -0.25) is 14.1 Å². The van der Waals surface area contributed by atoms with Crippen LogP contribution in [0.25, 0.3) is 22.2 Å². The molecule has 0 saturated heterocycles. The first kappa shape index (κ1) is 29.6. The van der Waals surface area contributed by atoms with Crippen molar-refractivity contribution in [3.8, 4) is 11.1 Å². The van der Waals surface area contributed by atoms with Gasteiger partial charge < -0.3 is 5.32 Å². The summed E-state index contributed by atoms with van der Waals surface area (Å²) in [5, 5.41) is 3.71. The third-order valence-electron chi connectivity index (χ3n) is 7.54. The summed E-state index contributed by atoms with van der Waals surface area (Å²) in [4.78, 5) is 22.6. The Morgan fingerprint density at radius 3 is 2.36 bits per heavy atom. The predicted molar refractivity (Wildman–Crippen MR) is 157 cm³/mol. The number of nitrogens with one attached hydrogen (secondary N) is 2. The van der Waals surface area contributed by atoms with Crippen molar-refractivity contribution in [3.05, 3.63) is 82.0 Å². The molecule has 0 amide bonds. The van der Waals surface area contributed by atoms with E-state index in [1.54, 1.807) is 32.0 Å². The zero-order valence-corrected chi connectivity index (χ0v) is 24.3. The fourth-order valence-electron chi connectivity index (χ4n) is 5.32. The Labute approximate surface area is 242 Å². The summed E-state index contributed by atoms with van der Waals surface area (Å²) in [6, 6.07) is 9.69. The van der Waals surface area contributed by atoms with E-state index in [1.165, 1.54) is 29.0 Å². The van der Waals surface area contributed by atoms with Gasteiger partial charge in [-0.25, -0.2) is 26.6 Å². The molecule has 42 heavy (non-hydrogen) atoms. The van der Waals surface area contributed by atoms with Crippen molar-refractivity contribution in [2.24, 2.45) is 5.92 Å². The Bertz CT molecular complexity index is 1790. The first-order chi connectivity index (χ1) is 19.9. The molecule has 4 aromatic rings. The van der Waals surface area contributed by atoms with Crippen LogP contribution in [0.2, 0.25) is 0 Å². The number of fused-ring (bicyclic) bond motifs is 1. The SMILES string of the molecule is CC(C)n1c(=O)c(-c2cc(F)c(NS(=O)(=O)Cc3ccccc3)c(F)c2F)cc2cnc(N[C@H]3CC[C@H](C)CC3)nc21. The Balaban J connectivity index is 1.52. The first-order valence-corrected chi connectivity index (χ1v) is 15.5. The summed E-state index contributed by atoms with van der Waals surface area (Å²) in [6.07, 6.45) is 5.63. The molecule has 0 radical (unpaired) electrons. The third-order valence-corrected chi connectivity index (χ3v) is 8.77. The minimum atomic E-state index is -4.28. The van der Waals surface area contributed by atoms with Gasteiger partial charge in [-0.2, -0.15) is 4.98 Å². The second kappa shape index (κ2) is 11.7. The van der Waals surface area contributed by atoms with E-state index in [0.29, 0.717) is 34.5 Å². The number of anilines is 2. The minimum absolute atomic E-state index is 0.209. The molecule has 0 atom stereocenters. The van der Waals surface area contributed by atoms with Crippen LogP contribution in [0.5, 0.6) is 0 Å². The van der Waals surface area contributed by atoms with Gasteiger partial charge >= 0.3 is 0 Å². The Kier molecular flexibility index (Phi) is 8.27. The summed E-state index contributed by atoms with van der Waals surface area (Å²) >= 11 is 0. The molecule has 222 valence electrons.